The van der Waals surface area contributed by atoms with E-state index in [1.165, 1.54) is 18.2 Å². The summed E-state index contributed by atoms with van der Waals surface area (Å²) in [5.41, 5.74) is 7.42. The molecule has 0 aliphatic heterocycles. The molecule has 5 nitrogen and oxygen atoms in total. The number of pyridine rings is 1. The number of halogens is 3. The lowest BCUT2D eigenvalue weighted by Gasteiger charge is -2.11. The van der Waals surface area contributed by atoms with Gasteiger partial charge < -0.3 is 15.8 Å². The first-order chi connectivity index (χ1) is 13.4. The molecule has 3 N–H and O–H groups in total. The minimum atomic E-state index is -0.655. The number of aromatic nitrogens is 1. The van der Waals surface area contributed by atoms with E-state index in [-0.39, 0.29) is 28.8 Å². The van der Waals surface area contributed by atoms with E-state index >= 15 is 0 Å². The van der Waals surface area contributed by atoms with Gasteiger partial charge in [-0.15, -0.1) is 0 Å². The molecule has 0 saturated carbocycles. The number of carbonyl (C=O) groups excluding carboxylic acids is 1. The largest absolute Gasteiger partial charge is 0.453 e. The summed E-state index contributed by atoms with van der Waals surface area (Å²) in [5, 5.41) is 3.34. The lowest BCUT2D eigenvalue weighted by Crippen LogP contribution is -2.15. The standard InChI is InChI=1S/C20H16Cl2FN3O2/c1-11-15(5-3-14(10-24)25-11)20(27)26-13-4-7-19(17(23)9-13)28-18-6-2-12(21)8-16(18)22/h2-9H,10,24H2,1H3,(H,26,27). The normalized spacial score (nSPS) is 10.6. The number of rotatable bonds is 5. The molecule has 3 aromatic rings. The number of hydrogen-bond acceptors (Lipinski definition) is 4. The van der Waals surface area contributed by atoms with Crippen LogP contribution in [0.5, 0.6) is 11.5 Å². The minimum absolute atomic E-state index is 0.0348. The fraction of sp³-hybridized carbons (Fsp3) is 0.100. The van der Waals surface area contributed by atoms with Gasteiger partial charge in [-0.2, -0.15) is 0 Å². The summed E-state index contributed by atoms with van der Waals surface area (Å²) < 4.78 is 19.9. The Morgan fingerprint density at radius 3 is 2.54 bits per heavy atom. The van der Waals surface area contributed by atoms with Crippen molar-refractivity contribution >= 4 is 34.8 Å². The van der Waals surface area contributed by atoms with Crippen LogP contribution in [0.3, 0.4) is 0 Å². The van der Waals surface area contributed by atoms with Crippen molar-refractivity contribution in [3.05, 3.63) is 81.3 Å². The Morgan fingerprint density at radius 2 is 1.89 bits per heavy atom. The Morgan fingerprint density at radius 1 is 1.14 bits per heavy atom. The van der Waals surface area contributed by atoms with Crippen LogP contribution in [0.25, 0.3) is 0 Å². The number of nitrogens with zero attached hydrogens (tertiary/aromatic N) is 1. The van der Waals surface area contributed by atoms with Gasteiger partial charge in [-0.3, -0.25) is 9.78 Å². The molecule has 0 aliphatic carbocycles. The van der Waals surface area contributed by atoms with E-state index in [9.17, 15) is 9.18 Å². The van der Waals surface area contributed by atoms with Gasteiger partial charge in [0, 0.05) is 23.3 Å². The van der Waals surface area contributed by atoms with Crippen LogP contribution in [0, 0.1) is 12.7 Å². The first-order valence-electron chi connectivity index (χ1n) is 8.28. The van der Waals surface area contributed by atoms with Gasteiger partial charge in [0.2, 0.25) is 0 Å². The Kier molecular flexibility index (Phi) is 6.14. The van der Waals surface area contributed by atoms with E-state index in [4.69, 9.17) is 33.7 Å². The van der Waals surface area contributed by atoms with Crippen LogP contribution in [0.4, 0.5) is 10.1 Å². The highest BCUT2D eigenvalue weighted by Gasteiger charge is 2.13. The van der Waals surface area contributed by atoms with Crippen LogP contribution >= 0.6 is 23.2 Å². The van der Waals surface area contributed by atoms with Crippen LogP contribution < -0.4 is 15.8 Å². The molecule has 8 heteroatoms. The number of aryl methyl sites for hydroxylation is 1. The molecular weight excluding hydrogens is 404 g/mol. The Labute approximate surface area is 171 Å². The Balaban J connectivity index is 1.76. The lowest BCUT2D eigenvalue weighted by atomic mass is 10.1. The zero-order chi connectivity index (χ0) is 20.3. The third-order valence-corrected chi connectivity index (χ3v) is 4.43. The van der Waals surface area contributed by atoms with Crippen molar-refractivity contribution < 1.29 is 13.9 Å². The zero-order valence-corrected chi connectivity index (χ0v) is 16.3. The summed E-state index contributed by atoms with van der Waals surface area (Å²) in [6.07, 6.45) is 0. The van der Waals surface area contributed by atoms with Crippen molar-refractivity contribution in [3.63, 3.8) is 0 Å². The molecule has 0 aliphatic rings. The van der Waals surface area contributed by atoms with Gasteiger partial charge in [-0.1, -0.05) is 23.2 Å². The monoisotopic (exact) mass is 419 g/mol. The molecule has 1 amide bonds. The van der Waals surface area contributed by atoms with E-state index in [1.807, 2.05) is 0 Å². The van der Waals surface area contributed by atoms with Crippen molar-refractivity contribution in [1.29, 1.82) is 0 Å². The van der Waals surface area contributed by atoms with Gasteiger partial charge in [0.25, 0.3) is 5.91 Å². The summed E-state index contributed by atoms with van der Waals surface area (Å²) in [5.74, 6) is -0.824. The molecule has 28 heavy (non-hydrogen) atoms. The highest BCUT2D eigenvalue weighted by atomic mass is 35.5. The molecule has 0 bridgehead atoms. The van der Waals surface area contributed by atoms with E-state index in [0.717, 1.165) is 6.07 Å². The predicted octanol–water partition coefficient (Wildman–Crippen LogP) is 5.34. The third-order valence-electron chi connectivity index (χ3n) is 3.90. The van der Waals surface area contributed by atoms with E-state index < -0.39 is 11.7 Å². The second kappa shape index (κ2) is 8.56. The number of nitrogens with two attached hydrogens (primary N) is 1. The molecule has 0 spiro atoms. The summed E-state index contributed by atoms with van der Waals surface area (Å²) in [6, 6.07) is 12.0. The molecule has 144 valence electrons. The molecule has 0 radical (unpaired) electrons. The van der Waals surface area contributed by atoms with Crippen molar-refractivity contribution in [3.8, 4) is 11.5 Å². The SMILES string of the molecule is Cc1nc(CN)ccc1C(=O)Nc1ccc(Oc2ccc(Cl)cc2Cl)c(F)c1. The third kappa shape index (κ3) is 4.59. The van der Waals surface area contributed by atoms with Gasteiger partial charge in [0.1, 0.15) is 5.75 Å². The van der Waals surface area contributed by atoms with E-state index in [2.05, 4.69) is 10.3 Å². The fourth-order valence-electron chi connectivity index (χ4n) is 2.50. The van der Waals surface area contributed by atoms with Crippen molar-refractivity contribution in [2.45, 2.75) is 13.5 Å². The van der Waals surface area contributed by atoms with Gasteiger partial charge in [0.05, 0.1) is 22.0 Å². The van der Waals surface area contributed by atoms with Crippen molar-refractivity contribution in [1.82, 2.24) is 4.98 Å². The van der Waals surface area contributed by atoms with Gasteiger partial charge in [-0.05, 0) is 49.4 Å². The number of nitrogens with one attached hydrogen (secondary N) is 1. The number of ether oxygens (including phenoxy) is 1. The van der Waals surface area contributed by atoms with E-state index in [1.54, 1.807) is 31.2 Å². The maximum Gasteiger partial charge on any atom is 0.257 e. The molecular formula is C20H16Cl2FN3O2. The molecule has 0 unspecified atom stereocenters. The second-order valence-corrected chi connectivity index (χ2v) is 6.76. The fourth-order valence-corrected chi connectivity index (χ4v) is 2.95. The first kappa shape index (κ1) is 20.1. The highest BCUT2D eigenvalue weighted by Crippen LogP contribution is 2.33. The number of anilines is 1. The lowest BCUT2D eigenvalue weighted by molar-refractivity contribution is 0.102. The quantitative estimate of drug-likeness (QED) is 0.584. The number of hydrogen-bond donors (Lipinski definition) is 2. The maximum absolute atomic E-state index is 14.4. The van der Waals surface area contributed by atoms with E-state index in [0.29, 0.717) is 22.0 Å². The topological polar surface area (TPSA) is 77.2 Å². The molecule has 3 rings (SSSR count). The van der Waals surface area contributed by atoms with Gasteiger partial charge in [-0.25, -0.2) is 4.39 Å². The molecule has 0 fully saturated rings. The smallest absolute Gasteiger partial charge is 0.257 e. The average molecular weight is 420 g/mol. The molecule has 0 saturated heterocycles. The molecule has 1 heterocycles. The van der Waals surface area contributed by atoms with Crippen molar-refractivity contribution in [2.24, 2.45) is 5.73 Å². The van der Waals surface area contributed by atoms with Crippen LogP contribution in [-0.2, 0) is 6.54 Å². The van der Waals surface area contributed by atoms with Crippen LogP contribution in [0.1, 0.15) is 21.7 Å². The molecule has 1 aromatic heterocycles. The molecule has 0 atom stereocenters. The molecule has 2 aromatic carbocycles. The summed E-state index contributed by atoms with van der Waals surface area (Å²) in [7, 11) is 0. The summed E-state index contributed by atoms with van der Waals surface area (Å²) >= 11 is 11.9. The van der Waals surface area contributed by atoms with Crippen molar-refractivity contribution in [2.75, 3.05) is 5.32 Å². The van der Waals surface area contributed by atoms with Gasteiger partial charge >= 0.3 is 0 Å². The van der Waals surface area contributed by atoms with Crippen LogP contribution in [-0.4, -0.2) is 10.9 Å². The minimum Gasteiger partial charge on any atom is -0.453 e. The van der Waals surface area contributed by atoms with Gasteiger partial charge in [0.15, 0.2) is 11.6 Å². The average Bonchev–Trinajstić information content (AvgIpc) is 2.65. The van der Waals surface area contributed by atoms with Crippen LogP contribution in [0.15, 0.2) is 48.5 Å². The maximum atomic E-state index is 14.4. The summed E-state index contributed by atoms with van der Waals surface area (Å²) in [6.45, 7) is 1.99. The second-order valence-electron chi connectivity index (χ2n) is 5.92. The summed E-state index contributed by atoms with van der Waals surface area (Å²) in [4.78, 5) is 16.7. The number of carbonyl (C=O) groups is 1. The predicted molar refractivity (Wildman–Crippen MR) is 108 cm³/mol. The highest BCUT2D eigenvalue weighted by molar-refractivity contribution is 6.35. The van der Waals surface area contributed by atoms with Crippen LogP contribution in [0.2, 0.25) is 10.0 Å². The zero-order valence-electron chi connectivity index (χ0n) is 14.8. The number of benzene rings is 2. The first-order valence-corrected chi connectivity index (χ1v) is 9.03. The Hall–Kier alpha value is -2.67. The Bertz CT molecular complexity index is 1040. The number of amides is 1.